The largest absolute Gasteiger partial charge is 0.508 e. The molecule has 0 saturated heterocycles. The minimum absolute atomic E-state index is 0.285. The normalized spacial score (nSPS) is 11.6. The first kappa shape index (κ1) is 12.7. The topological polar surface area (TPSA) is 20.2 Å². The van der Waals surface area contributed by atoms with Crippen molar-refractivity contribution >= 4 is 0 Å². The predicted octanol–water partition coefficient (Wildman–Crippen LogP) is 3.61. The van der Waals surface area contributed by atoms with E-state index in [0.29, 0.717) is 0 Å². The van der Waals surface area contributed by atoms with E-state index < -0.39 is 0 Å². The van der Waals surface area contributed by atoms with Gasteiger partial charge in [0.25, 0.3) is 0 Å². The number of rotatable bonds is 2. The molecule has 0 spiro atoms. The van der Waals surface area contributed by atoms with Gasteiger partial charge in [-0.15, -0.1) is 0 Å². The van der Waals surface area contributed by atoms with Gasteiger partial charge in [-0.2, -0.15) is 0 Å². The highest BCUT2D eigenvalue weighted by atomic mass is 16.3. The average molecular weight is 154 g/mol. The van der Waals surface area contributed by atoms with Gasteiger partial charge >= 0.3 is 0 Å². The van der Waals surface area contributed by atoms with Gasteiger partial charge in [0.15, 0.2) is 0 Å². The Labute approximate surface area is 69.8 Å². The summed E-state index contributed by atoms with van der Waals surface area (Å²) >= 11 is 0. The number of hydrogen-bond donors (Lipinski definition) is 1. The van der Waals surface area contributed by atoms with Crippen molar-refractivity contribution in [2.24, 2.45) is 0 Å². The summed E-state index contributed by atoms with van der Waals surface area (Å²) in [4.78, 5) is 0. The van der Waals surface area contributed by atoms with Gasteiger partial charge in [-0.05, 0) is 31.6 Å². The zero-order valence-electron chi connectivity index (χ0n) is 7.89. The van der Waals surface area contributed by atoms with Crippen LogP contribution in [0.1, 0.15) is 27.7 Å². The molecule has 0 bridgehead atoms. The molecule has 1 N–H and O–H groups in total. The highest BCUT2D eigenvalue weighted by Gasteiger charge is 1.82. The predicted molar refractivity (Wildman–Crippen MR) is 51.7 cm³/mol. The quantitative estimate of drug-likeness (QED) is 0.476. The molecule has 0 aromatic rings. The van der Waals surface area contributed by atoms with Gasteiger partial charge in [0, 0.05) is 0 Å². The third-order valence-electron chi connectivity index (χ3n) is 0.993. The van der Waals surface area contributed by atoms with Crippen molar-refractivity contribution in [1.29, 1.82) is 0 Å². The molecule has 0 amide bonds. The Morgan fingerprint density at radius 1 is 1.36 bits per heavy atom. The van der Waals surface area contributed by atoms with Crippen LogP contribution in [0.5, 0.6) is 0 Å². The fourth-order valence-corrected chi connectivity index (χ4v) is 0.376. The molecule has 1 nitrogen and oxygen atoms in total. The van der Waals surface area contributed by atoms with Crippen LogP contribution in [0.4, 0.5) is 0 Å². The maximum atomic E-state index is 8.90. The van der Waals surface area contributed by atoms with E-state index in [9.17, 15) is 0 Å². The smallest absolute Gasteiger partial charge is 0.111 e. The fourth-order valence-electron chi connectivity index (χ4n) is 0.376. The van der Waals surface area contributed by atoms with Crippen molar-refractivity contribution in [3.05, 3.63) is 36.1 Å². The minimum atomic E-state index is 0.285. The maximum absolute atomic E-state index is 8.90. The summed E-state index contributed by atoms with van der Waals surface area (Å²) in [5.74, 6) is 0.285. The van der Waals surface area contributed by atoms with E-state index in [1.54, 1.807) is 25.2 Å². The van der Waals surface area contributed by atoms with Crippen molar-refractivity contribution in [3.63, 3.8) is 0 Å². The van der Waals surface area contributed by atoms with E-state index in [4.69, 9.17) is 5.11 Å². The van der Waals surface area contributed by atoms with Crippen LogP contribution in [0.15, 0.2) is 36.1 Å². The van der Waals surface area contributed by atoms with Gasteiger partial charge in [-0.3, -0.25) is 0 Å². The standard InChI is InChI=1S/C8H12O.C2H6/c1-4-7(3)6-8(9)5-2;1-2/h4-6,9H,1H2,2-3H3;1-2H3/b7-6-,8-5+;. The van der Waals surface area contributed by atoms with E-state index in [0.717, 1.165) is 5.57 Å². The first-order chi connectivity index (χ1) is 5.20. The number of aliphatic hydroxyl groups is 1. The number of allylic oxidation sites excluding steroid dienone is 4. The van der Waals surface area contributed by atoms with Gasteiger partial charge in [0.05, 0.1) is 0 Å². The van der Waals surface area contributed by atoms with Gasteiger partial charge in [-0.25, -0.2) is 0 Å². The molecule has 0 saturated carbocycles. The lowest BCUT2D eigenvalue weighted by atomic mass is 10.2. The minimum Gasteiger partial charge on any atom is -0.508 e. The Hall–Kier alpha value is -0.980. The van der Waals surface area contributed by atoms with Crippen molar-refractivity contribution in [3.8, 4) is 0 Å². The van der Waals surface area contributed by atoms with Gasteiger partial charge in [0.2, 0.25) is 0 Å². The molecule has 0 radical (unpaired) electrons. The number of hydrogen-bond acceptors (Lipinski definition) is 1. The summed E-state index contributed by atoms with van der Waals surface area (Å²) in [6.45, 7) is 11.2. The first-order valence-corrected chi connectivity index (χ1v) is 3.86. The third kappa shape index (κ3) is 9.02. The molecular weight excluding hydrogens is 136 g/mol. The van der Waals surface area contributed by atoms with E-state index in [2.05, 4.69) is 6.58 Å². The highest BCUT2D eigenvalue weighted by Crippen LogP contribution is 1.98. The van der Waals surface area contributed by atoms with Crippen molar-refractivity contribution < 1.29 is 5.11 Å². The van der Waals surface area contributed by atoms with Gasteiger partial charge in [0.1, 0.15) is 5.76 Å². The van der Waals surface area contributed by atoms with E-state index in [-0.39, 0.29) is 5.76 Å². The molecule has 0 aliphatic rings. The molecule has 0 fully saturated rings. The average Bonchev–Trinajstić information content (AvgIpc) is 2.07. The molecule has 0 rings (SSSR count). The molecule has 1 heteroatoms. The Morgan fingerprint density at radius 3 is 2.09 bits per heavy atom. The van der Waals surface area contributed by atoms with Crippen LogP contribution in [-0.2, 0) is 0 Å². The first-order valence-electron chi connectivity index (χ1n) is 3.86. The monoisotopic (exact) mass is 154 g/mol. The van der Waals surface area contributed by atoms with E-state index in [1.165, 1.54) is 0 Å². The summed E-state index contributed by atoms with van der Waals surface area (Å²) in [5.41, 5.74) is 0.964. The zero-order chi connectivity index (χ0) is 9.28. The van der Waals surface area contributed by atoms with Gasteiger partial charge < -0.3 is 5.11 Å². The second-order valence-electron chi connectivity index (χ2n) is 1.81. The third-order valence-corrected chi connectivity index (χ3v) is 0.993. The molecule has 0 aliphatic heterocycles. The molecule has 0 atom stereocenters. The second-order valence-corrected chi connectivity index (χ2v) is 1.81. The van der Waals surface area contributed by atoms with Crippen LogP contribution in [0.3, 0.4) is 0 Å². The second kappa shape index (κ2) is 9.02. The molecular formula is C10H18O. The van der Waals surface area contributed by atoms with Gasteiger partial charge in [-0.1, -0.05) is 26.5 Å². The lowest BCUT2D eigenvalue weighted by Gasteiger charge is -1.89. The lowest BCUT2D eigenvalue weighted by molar-refractivity contribution is 0.431. The number of aliphatic hydroxyl groups excluding tert-OH is 1. The summed E-state index contributed by atoms with van der Waals surface area (Å²) in [7, 11) is 0. The maximum Gasteiger partial charge on any atom is 0.111 e. The summed E-state index contributed by atoms with van der Waals surface area (Å²) in [5, 5.41) is 8.90. The molecule has 0 aliphatic carbocycles. The molecule has 64 valence electrons. The van der Waals surface area contributed by atoms with E-state index >= 15 is 0 Å². The van der Waals surface area contributed by atoms with Crippen LogP contribution in [-0.4, -0.2) is 5.11 Å². The SMILES string of the molecule is C=C/C(C)=C\C(O)=C/C.CC. The summed E-state index contributed by atoms with van der Waals surface area (Å²) in [6, 6.07) is 0. The highest BCUT2D eigenvalue weighted by molar-refractivity contribution is 5.22. The zero-order valence-corrected chi connectivity index (χ0v) is 7.89. The molecule has 0 aromatic carbocycles. The van der Waals surface area contributed by atoms with Crippen molar-refractivity contribution in [2.75, 3.05) is 0 Å². The Bertz CT molecular complexity index is 152. The molecule has 0 aromatic heterocycles. The Kier molecular flexibility index (Phi) is 10.4. The fraction of sp³-hybridized carbons (Fsp3) is 0.400. The van der Waals surface area contributed by atoms with Crippen LogP contribution in [0, 0.1) is 0 Å². The Balaban J connectivity index is 0. The molecule has 11 heavy (non-hydrogen) atoms. The van der Waals surface area contributed by atoms with Crippen LogP contribution in [0.2, 0.25) is 0 Å². The molecule has 0 heterocycles. The summed E-state index contributed by atoms with van der Waals surface area (Å²) in [6.07, 6.45) is 4.99. The molecule has 0 unspecified atom stereocenters. The van der Waals surface area contributed by atoms with Crippen LogP contribution >= 0.6 is 0 Å². The lowest BCUT2D eigenvalue weighted by Crippen LogP contribution is -1.73. The van der Waals surface area contributed by atoms with Crippen LogP contribution in [0.25, 0.3) is 0 Å². The van der Waals surface area contributed by atoms with E-state index in [1.807, 2.05) is 20.8 Å². The van der Waals surface area contributed by atoms with Crippen molar-refractivity contribution in [2.45, 2.75) is 27.7 Å². The summed E-state index contributed by atoms with van der Waals surface area (Å²) < 4.78 is 0. The van der Waals surface area contributed by atoms with Crippen LogP contribution < -0.4 is 0 Å². The Morgan fingerprint density at radius 2 is 1.82 bits per heavy atom. The van der Waals surface area contributed by atoms with Crippen molar-refractivity contribution in [1.82, 2.24) is 0 Å².